The lowest BCUT2D eigenvalue weighted by molar-refractivity contribution is -0.143. The molecular weight excluding hydrogens is 494 g/mol. The second-order valence-corrected chi connectivity index (χ2v) is 10.0. The van der Waals surface area contributed by atoms with Crippen molar-refractivity contribution in [2.75, 3.05) is 14.2 Å². The van der Waals surface area contributed by atoms with Gasteiger partial charge in [-0.05, 0) is 67.8 Å². The Hall–Kier alpha value is -4.40. The number of hydrogen-bond donors (Lipinski definition) is 1. The number of hydrogen-bond acceptors (Lipinski definition) is 6. The second kappa shape index (κ2) is 12.0. The van der Waals surface area contributed by atoms with Crippen LogP contribution in [0.15, 0.2) is 72.8 Å². The Morgan fingerprint density at radius 2 is 1.69 bits per heavy atom. The third kappa shape index (κ3) is 6.54. The molecular formula is C30H35N5O4. The Balaban J connectivity index is 1.78. The van der Waals surface area contributed by atoms with Gasteiger partial charge in [-0.2, -0.15) is 0 Å². The molecule has 0 bridgehead atoms. The van der Waals surface area contributed by atoms with E-state index in [0.717, 1.165) is 17.5 Å². The molecule has 0 radical (unpaired) electrons. The van der Waals surface area contributed by atoms with Crippen molar-refractivity contribution >= 4 is 22.8 Å². The third-order valence-electron chi connectivity index (χ3n) is 6.85. The van der Waals surface area contributed by atoms with Crippen LogP contribution >= 0.6 is 0 Å². The molecule has 0 saturated carbocycles. The zero-order chi connectivity index (χ0) is 28.0. The quantitative estimate of drug-likeness (QED) is 0.307. The summed E-state index contributed by atoms with van der Waals surface area (Å²) >= 11 is 0. The maximum absolute atomic E-state index is 14.1. The van der Waals surface area contributed by atoms with Gasteiger partial charge in [-0.1, -0.05) is 48.5 Å². The van der Waals surface area contributed by atoms with E-state index < -0.39 is 11.6 Å². The topological polar surface area (TPSA) is 98.6 Å². The van der Waals surface area contributed by atoms with Gasteiger partial charge in [-0.3, -0.25) is 9.59 Å². The number of benzene rings is 3. The highest BCUT2D eigenvalue weighted by molar-refractivity contribution is 5.89. The van der Waals surface area contributed by atoms with E-state index in [1.54, 1.807) is 35.9 Å². The van der Waals surface area contributed by atoms with Crippen molar-refractivity contribution in [3.05, 3.63) is 83.9 Å². The number of fused-ring (bicyclic) bond motifs is 1. The van der Waals surface area contributed by atoms with E-state index in [4.69, 9.17) is 9.47 Å². The molecule has 9 nitrogen and oxygen atoms in total. The van der Waals surface area contributed by atoms with Crippen molar-refractivity contribution in [2.24, 2.45) is 0 Å². The Morgan fingerprint density at radius 3 is 2.38 bits per heavy atom. The van der Waals surface area contributed by atoms with Crippen LogP contribution in [0.3, 0.4) is 0 Å². The minimum absolute atomic E-state index is 0.0818. The maximum atomic E-state index is 14.1. The van der Waals surface area contributed by atoms with E-state index in [9.17, 15) is 9.59 Å². The average Bonchev–Trinajstić information content (AvgIpc) is 3.35. The van der Waals surface area contributed by atoms with Crippen molar-refractivity contribution < 1.29 is 19.1 Å². The van der Waals surface area contributed by atoms with Gasteiger partial charge < -0.3 is 19.7 Å². The molecule has 39 heavy (non-hydrogen) atoms. The fourth-order valence-corrected chi connectivity index (χ4v) is 4.29. The number of para-hydroxylation sites is 1. The molecule has 4 aromatic rings. The van der Waals surface area contributed by atoms with Gasteiger partial charge >= 0.3 is 0 Å². The lowest BCUT2D eigenvalue weighted by Crippen LogP contribution is -2.50. The normalized spacial score (nSPS) is 12.1. The number of carbonyl (C=O) groups excluding carboxylic acids is 2. The van der Waals surface area contributed by atoms with Crippen LogP contribution in [0.5, 0.6) is 11.5 Å². The minimum atomic E-state index is -0.907. The number of carbonyl (C=O) groups is 2. The van der Waals surface area contributed by atoms with Gasteiger partial charge in [0, 0.05) is 12.1 Å². The van der Waals surface area contributed by atoms with Crippen LogP contribution in [0.4, 0.5) is 0 Å². The highest BCUT2D eigenvalue weighted by Gasteiger charge is 2.34. The fourth-order valence-electron chi connectivity index (χ4n) is 4.29. The lowest BCUT2D eigenvalue weighted by atomic mass is 9.98. The van der Waals surface area contributed by atoms with Crippen molar-refractivity contribution in [3.8, 4) is 11.5 Å². The lowest BCUT2D eigenvalue weighted by Gasteiger charge is -2.34. The largest absolute Gasteiger partial charge is 0.497 e. The number of methoxy groups -OCH3 is 2. The van der Waals surface area contributed by atoms with Crippen LogP contribution in [0.25, 0.3) is 11.0 Å². The molecule has 0 unspecified atom stereocenters. The van der Waals surface area contributed by atoms with Crippen LogP contribution in [-0.4, -0.2) is 51.5 Å². The number of ether oxygens (including phenoxy) is 2. The van der Waals surface area contributed by atoms with Crippen molar-refractivity contribution in [2.45, 2.75) is 51.9 Å². The molecule has 0 aliphatic rings. The van der Waals surface area contributed by atoms with E-state index in [1.807, 2.05) is 81.4 Å². The fraction of sp³-hybridized carbons (Fsp3) is 0.333. The first-order valence-corrected chi connectivity index (χ1v) is 12.9. The molecule has 0 spiro atoms. The zero-order valence-electron chi connectivity index (χ0n) is 23.0. The molecule has 1 heterocycles. The summed E-state index contributed by atoms with van der Waals surface area (Å²) in [7, 11) is 3.18. The van der Waals surface area contributed by atoms with Gasteiger partial charge in [-0.15, -0.1) is 5.10 Å². The van der Waals surface area contributed by atoms with E-state index in [2.05, 4.69) is 15.6 Å². The van der Waals surface area contributed by atoms with Crippen LogP contribution < -0.4 is 14.8 Å². The first-order valence-electron chi connectivity index (χ1n) is 12.9. The SMILES string of the molecule is CCC(C)(C)NC(=O)[C@@H](c1ccc(OC)cc1)N(Cc1cccc(OC)c1)C(=O)Cn1nnc2ccccc21. The second-order valence-electron chi connectivity index (χ2n) is 10.0. The average molecular weight is 530 g/mol. The summed E-state index contributed by atoms with van der Waals surface area (Å²) in [4.78, 5) is 29.6. The van der Waals surface area contributed by atoms with Gasteiger partial charge in [0.1, 0.15) is 29.6 Å². The van der Waals surface area contributed by atoms with Crippen molar-refractivity contribution in [1.29, 1.82) is 0 Å². The number of aromatic nitrogens is 3. The molecule has 0 fully saturated rings. The molecule has 9 heteroatoms. The van der Waals surface area contributed by atoms with Gasteiger partial charge in [-0.25, -0.2) is 4.68 Å². The van der Waals surface area contributed by atoms with Gasteiger partial charge in [0.15, 0.2) is 0 Å². The van der Waals surface area contributed by atoms with E-state index in [-0.39, 0.29) is 24.9 Å². The highest BCUT2D eigenvalue weighted by Crippen LogP contribution is 2.28. The summed E-state index contributed by atoms with van der Waals surface area (Å²) in [6.07, 6.45) is 0.725. The summed E-state index contributed by atoms with van der Waals surface area (Å²) in [5.74, 6) is 0.775. The van der Waals surface area contributed by atoms with Crippen molar-refractivity contribution in [1.82, 2.24) is 25.2 Å². The van der Waals surface area contributed by atoms with E-state index in [1.165, 1.54) is 0 Å². The number of rotatable bonds is 11. The zero-order valence-corrected chi connectivity index (χ0v) is 23.0. The Kier molecular flexibility index (Phi) is 8.49. The summed E-state index contributed by atoms with van der Waals surface area (Å²) in [6.45, 7) is 6.04. The summed E-state index contributed by atoms with van der Waals surface area (Å²) < 4.78 is 12.3. The minimum Gasteiger partial charge on any atom is -0.497 e. The van der Waals surface area contributed by atoms with Gasteiger partial charge in [0.2, 0.25) is 11.8 Å². The highest BCUT2D eigenvalue weighted by atomic mass is 16.5. The molecule has 0 saturated heterocycles. The van der Waals surface area contributed by atoms with Crippen LogP contribution in [0.1, 0.15) is 44.4 Å². The molecule has 4 rings (SSSR count). The first-order chi connectivity index (χ1) is 18.7. The van der Waals surface area contributed by atoms with E-state index >= 15 is 0 Å². The van der Waals surface area contributed by atoms with Gasteiger partial charge in [0.05, 0.1) is 19.7 Å². The number of nitrogens with one attached hydrogen (secondary N) is 1. The summed E-state index contributed by atoms with van der Waals surface area (Å²) in [6, 6.07) is 21.3. The summed E-state index contributed by atoms with van der Waals surface area (Å²) in [5, 5.41) is 11.5. The number of amides is 2. The smallest absolute Gasteiger partial charge is 0.247 e. The maximum Gasteiger partial charge on any atom is 0.247 e. The molecule has 1 aromatic heterocycles. The van der Waals surface area contributed by atoms with Crippen molar-refractivity contribution in [3.63, 3.8) is 0 Å². The van der Waals surface area contributed by atoms with Crippen LogP contribution in [0, 0.1) is 0 Å². The van der Waals surface area contributed by atoms with Gasteiger partial charge in [0.25, 0.3) is 0 Å². The molecule has 1 N–H and O–H groups in total. The molecule has 2 amide bonds. The summed E-state index contributed by atoms with van der Waals surface area (Å²) in [5.41, 5.74) is 2.46. The van der Waals surface area contributed by atoms with Crippen LogP contribution in [-0.2, 0) is 22.7 Å². The molecule has 0 aliphatic heterocycles. The van der Waals surface area contributed by atoms with E-state index in [0.29, 0.717) is 22.6 Å². The number of nitrogens with zero attached hydrogens (tertiary/aromatic N) is 4. The Labute approximate surface area is 228 Å². The molecule has 204 valence electrons. The Morgan fingerprint density at radius 1 is 0.974 bits per heavy atom. The predicted octanol–water partition coefficient (Wildman–Crippen LogP) is 4.52. The Bertz CT molecular complexity index is 1430. The van der Waals surface area contributed by atoms with Crippen LogP contribution in [0.2, 0.25) is 0 Å². The predicted molar refractivity (Wildman–Crippen MR) is 149 cm³/mol. The molecule has 0 aliphatic carbocycles. The molecule has 3 aromatic carbocycles. The monoisotopic (exact) mass is 529 g/mol. The molecule has 1 atom stereocenters. The first kappa shape index (κ1) is 27.6. The third-order valence-corrected chi connectivity index (χ3v) is 6.85. The standard InChI is InChI=1S/C30H35N5O4/c1-6-30(2,3)31-29(37)28(22-14-16-23(38-4)17-15-22)34(19-21-10-9-11-24(18-21)39-5)27(36)20-35-26-13-8-7-12-25(26)32-33-35/h7-18,28H,6,19-20H2,1-5H3,(H,31,37)/t28-/m1/s1.